The van der Waals surface area contributed by atoms with E-state index in [1.807, 2.05) is 6.92 Å². The van der Waals surface area contributed by atoms with E-state index in [4.69, 9.17) is 4.74 Å². The fourth-order valence-corrected chi connectivity index (χ4v) is 1.20. The van der Waals surface area contributed by atoms with Gasteiger partial charge in [-0.05, 0) is 13.3 Å². The Morgan fingerprint density at radius 1 is 1.28 bits per heavy atom. The summed E-state index contributed by atoms with van der Waals surface area (Å²) in [6.45, 7) is 4.50. The van der Waals surface area contributed by atoms with E-state index in [-0.39, 0.29) is 11.8 Å². The second-order valence-corrected chi connectivity index (χ2v) is 3.65. The molecular formula is C11H16F3N3O. The summed E-state index contributed by atoms with van der Waals surface area (Å²) < 4.78 is 43.0. The predicted molar refractivity (Wildman–Crippen MR) is 61.6 cm³/mol. The maximum Gasteiger partial charge on any atom is 0.433 e. The molecule has 0 fully saturated rings. The highest BCUT2D eigenvalue weighted by molar-refractivity contribution is 5.31. The van der Waals surface area contributed by atoms with Crippen molar-refractivity contribution in [2.75, 3.05) is 18.5 Å². The molecule has 102 valence electrons. The zero-order valence-electron chi connectivity index (χ0n) is 10.3. The lowest BCUT2D eigenvalue weighted by atomic mass is 10.3. The van der Waals surface area contributed by atoms with Crippen molar-refractivity contribution < 1.29 is 17.9 Å². The van der Waals surface area contributed by atoms with Crippen LogP contribution in [0.25, 0.3) is 0 Å². The molecule has 0 saturated carbocycles. The lowest BCUT2D eigenvalue weighted by Gasteiger charge is -2.11. The number of alkyl halides is 3. The van der Waals surface area contributed by atoms with Crippen LogP contribution in [0.3, 0.4) is 0 Å². The number of hydrogen-bond acceptors (Lipinski definition) is 4. The van der Waals surface area contributed by atoms with Crippen molar-refractivity contribution in [3.05, 3.63) is 11.8 Å². The Morgan fingerprint density at radius 2 is 2.00 bits per heavy atom. The minimum atomic E-state index is -4.50. The van der Waals surface area contributed by atoms with Crippen LogP contribution in [0, 0.1) is 0 Å². The molecule has 0 aliphatic rings. The molecule has 1 heterocycles. The van der Waals surface area contributed by atoms with Crippen molar-refractivity contribution in [1.82, 2.24) is 9.97 Å². The number of nitrogens with zero attached hydrogens (tertiary/aromatic N) is 2. The maximum absolute atomic E-state index is 12.6. The number of halogens is 3. The Hall–Kier alpha value is -1.53. The summed E-state index contributed by atoms with van der Waals surface area (Å²) in [5, 5.41) is 2.65. The highest BCUT2D eigenvalue weighted by atomic mass is 19.4. The van der Waals surface area contributed by atoms with Gasteiger partial charge < -0.3 is 10.1 Å². The molecular weight excluding hydrogens is 247 g/mol. The van der Waals surface area contributed by atoms with Gasteiger partial charge in [-0.2, -0.15) is 18.2 Å². The number of unbranched alkanes of at least 4 members (excludes halogenated alkanes) is 1. The quantitative estimate of drug-likeness (QED) is 0.801. The third-order valence-electron chi connectivity index (χ3n) is 2.08. The highest BCUT2D eigenvalue weighted by Crippen LogP contribution is 2.30. The van der Waals surface area contributed by atoms with Crippen LogP contribution in [-0.2, 0) is 6.18 Å². The van der Waals surface area contributed by atoms with Crippen LogP contribution in [0.5, 0.6) is 5.88 Å². The van der Waals surface area contributed by atoms with Gasteiger partial charge in [0, 0.05) is 12.6 Å². The zero-order valence-corrected chi connectivity index (χ0v) is 10.3. The SMILES string of the molecule is CCCCOc1cc(C(F)(F)F)nc(NCC)n1. The van der Waals surface area contributed by atoms with Crippen LogP contribution in [0.4, 0.5) is 19.1 Å². The Labute approximate surface area is 104 Å². The Morgan fingerprint density at radius 3 is 2.56 bits per heavy atom. The smallest absolute Gasteiger partial charge is 0.433 e. The molecule has 1 rings (SSSR count). The molecule has 0 amide bonds. The van der Waals surface area contributed by atoms with Crippen LogP contribution in [0.1, 0.15) is 32.4 Å². The first-order valence-electron chi connectivity index (χ1n) is 5.80. The minimum Gasteiger partial charge on any atom is -0.478 e. The number of aromatic nitrogens is 2. The fourth-order valence-electron chi connectivity index (χ4n) is 1.20. The van der Waals surface area contributed by atoms with Crippen molar-refractivity contribution >= 4 is 5.95 Å². The molecule has 0 unspecified atom stereocenters. The van der Waals surface area contributed by atoms with Crippen LogP contribution in [0.2, 0.25) is 0 Å². The van der Waals surface area contributed by atoms with Gasteiger partial charge in [0.25, 0.3) is 0 Å². The first-order chi connectivity index (χ1) is 8.47. The summed E-state index contributed by atoms with van der Waals surface area (Å²) in [6, 6.07) is 0.816. The van der Waals surface area contributed by atoms with Crippen LogP contribution >= 0.6 is 0 Å². The molecule has 0 aromatic carbocycles. The predicted octanol–water partition coefficient (Wildman–Crippen LogP) is 3.11. The third-order valence-corrected chi connectivity index (χ3v) is 2.08. The van der Waals surface area contributed by atoms with Gasteiger partial charge in [-0.3, -0.25) is 0 Å². The van der Waals surface area contributed by atoms with Gasteiger partial charge in [0.2, 0.25) is 11.8 Å². The minimum absolute atomic E-state index is 0.0540. The largest absolute Gasteiger partial charge is 0.478 e. The van der Waals surface area contributed by atoms with Crippen LogP contribution in [-0.4, -0.2) is 23.1 Å². The van der Waals surface area contributed by atoms with E-state index < -0.39 is 11.9 Å². The Kier molecular flexibility index (Phi) is 5.18. The van der Waals surface area contributed by atoms with Crippen molar-refractivity contribution in [2.24, 2.45) is 0 Å². The molecule has 0 bridgehead atoms. The first kappa shape index (κ1) is 14.5. The number of anilines is 1. The number of nitrogens with one attached hydrogen (secondary N) is 1. The highest BCUT2D eigenvalue weighted by Gasteiger charge is 2.34. The molecule has 0 atom stereocenters. The Balaban J connectivity index is 2.91. The molecule has 0 saturated heterocycles. The number of ether oxygens (including phenoxy) is 1. The molecule has 0 spiro atoms. The number of rotatable bonds is 6. The van der Waals surface area contributed by atoms with Crippen LogP contribution < -0.4 is 10.1 Å². The second kappa shape index (κ2) is 6.42. The van der Waals surface area contributed by atoms with E-state index in [1.54, 1.807) is 6.92 Å². The lowest BCUT2D eigenvalue weighted by Crippen LogP contribution is -2.13. The summed E-state index contributed by atoms with van der Waals surface area (Å²) in [6.07, 6.45) is -2.84. The van der Waals surface area contributed by atoms with E-state index >= 15 is 0 Å². The fraction of sp³-hybridized carbons (Fsp3) is 0.636. The molecule has 0 aliphatic heterocycles. The average Bonchev–Trinajstić information content (AvgIpc) is 2.28. The molecule has 18 heavy (non-hydrogen) atoms. The summed E-state index contributed by atoms with van der Waals surface area (Å²) in [5.74, 6) is -0.124. The maximum atomic E-state index is 12.6. The average molecular weight is 263 g/mol. The van der Waals surface area contributed by atoms with Crippen LogP contribution in [0.15, 0.2) is 6.07 Å². The second-order valence-electron chi connectivity index (χ2n) is 3.65. The molecule has 4 nitrogen and oxygen atoms in total. The van der Waals surface area contributed by atoms with Crippen molar-refractivity contribution in [1.29, 1.82) is 0 Å². The van der Waals surface area contributed by atoms with Gasteiger partial charge in [0.15, 0.2) is 5.69 Å². The standard InChI is InChI=1S/C11H16F3N3O/c1-3-5-6-18-9-7-8(11(12,13)14)16-10(17-9)15-4-2/h7H,3-6H2,1-2H3,(H,15,16,17). The Bertz CT molecular complexity index is 382. The van der Waals surface area contributed by atoms with Gasteiger partial charge in [-0.1, -0.05) is 13.3 Å². The lowest BCUT2D eigenvalue weighted by molar-refractivity contribution is -0.141. The van der Waals surface area contributed by atoms with E-state index in [9.17, 15) is 13.2 Å². The van der Waals surface area contributed by atoms with Crippen molar-refractivity contribution in [2.45, 2.75) is 32.9 Å². The van der Waals surface area contributed by atoms with Gasteiger partial charge in [0.05, 0.1) is 6.61 Å². The zero-order chi connectivity index (χ0) is 13.6. The van der Waals surface area contributed by atoms with E-state index in [0.29, 0.717) is 13.2 Å². The summed E-state index contributed by atoms with van der Waals surface area (Å²) in [4.78, 5) is 7.26. The molecule has 1 aromatic heterocycles. The van der Waals surface area contributed by atoms with E-state index in [2.05, 4.69) is 15.3 Å². The molecule has 1 aromatic rings. The van der Waals surface area contributed by atoms with E-state index in [1.165, 1.54) is 0 Å². The third kappa shape index (κ3) is 4.38. The topological polar surface area (TPSA) is 47.0 Å². The molecule has 0 aliphatic carbocycles. The van der Waals surface area contributed by atoms with Crippen molar-refractivity contribution in [3.63, 3.8) is 0 Å². The summed E-state index contributed by atoms with van der Waals surface area (Å²) >= 11 is 0. The monoisotopic (exact) mass is 263 g/mol. The first-order valence-corrected chi connectivity index (χ1v) is 5.80. The summed E-state index contributed by atoms with van der Waals surface area (Å²) in [5.41, 5.74) is -1.00. The van der Waals surface area contributed by atoms with Gasteiger partial charge in [-0.25, -0.2) is 4.98 Å². The molecule has 0 radical (unpaired) electrons. The molecule has 1 N–H and O–H groups in total. The molecule has 7 heteroatoms. The summed E-state index contributed by atoms with van der Waals surface area (Å²) in [7, 11) is 0. The number of hydrogen-bond donors (Lipinski definition) is 1. The van der Waals surface area contributed by atoms with Gasteiger partial charge in [0.1, 0.15) is 0 Å². The van der Waals surface area contributed by atoms with E-state index in [0.717, 1.165) is 18.9 Å². The van der Waals surface area contributed by atoms with Gasteiger partial charge in [-0.15, -0.1) is 0 Å². The van der Waals surface area contributed by atoms with Crippen molar-refractivity contribution in [3.8, 4) is 5.88 Å². The van der Waals surface area contributed by atoms with Gasteiger partial charge >= 0.3 is 6.18 Å². The normalized spacial score (nSPS) is 11.4.